The SMILES string of the molecule is CCc1cc(C#N)ccc1NC(=O)N1CCCO[C@H](CN2CCCC2)C1. The van der Waals surface area contributed by atoms with Gasteiger partial charge in [-0.25, -0.2) is 4.79 Å². The average molecular weight is 356 g/mol. The van der Waals surface area contributed by atoms with Crippen molar-refractivity contribution >= 4 is 11.7 Å². The Morgan fingerprint density at radius 3 is 2.85 bits per heavy atom. The highest BCUT2D eigenvalue weighted by atomic mass is 16.5. The van der Waals surface area contributed by atoms with Gasteiger partial charge in [-0.3, -0.25) is 0 Å². The number of hydrogen-bond acceptors (Lipinski definition) is 4. The minimum atomic E-state index is -0.0821. The predicted molar refractivity (Wildman–Crippen MR) is 101 cm³/mol. The lowest BCUT2D eigenvalue weighted by atomic mass is 10.1. The van der Waals surface area contributed by atoms with E-state index in [9.17, 15) is 4.79 Å². The molecule has 0 bridgehead atoms. The second-order valence-electron chi connectivity index (χ2n) is 7.07. The van der Waals surface area contributed by atoms with Gasteiger partial charge in [0.15, 0.2) is 0 Å². The first-order valence-electron chi connectivity index (χ1n) is 9.62. The average Bonchev–Trinajstić information content (AvgIpc) is 3.05. The van der Waals surface area contributed by atoms with E-state index in [0.29, 0.717) is 25.3 Å². The van der Waals surface area contributed by atoms with Crippen LogP contribution < -0.4 is 5.32 Å². The van der Waals surface area contributed by atoms with E-state index in [1.807, 2.05) is 24.0 Å². The summed E-state index contributed by atoms with van der Waals surface area (Å²) in [5.74, 6) is 0. The first-order chi connectivity index (χ1) is 12.7. The maximum atomic E-state index is 12.8. The summed E-state index contributed by atoms with van der Waals surface area (Å²) in [5, 5.41) is 12.1. The summed E-state index contributed by atoms with van der Waals surface area (Å²) in [7, 11) is 0. The molecule has 1 atom stereocenters. The number of nitriles is 1. The third-order valence-electron chi connectivity index (χ3n) is 5.15. The molecule has 2 saturated heterocycles. The van der Waals surface area contributed by atoms with Crippen LogP contribution in [0, 0.1) is 11.3 Å². The Hall–Kier alpha value is -2.10. The lowest BCUT2D eigenvalue weighted by molar-refractivity contribution is 0.0355. The van der Waals surface area contributed by atoms with Crippen LogP contribution >= 0.6 is 0 Å². The van der Waals surface area contributed by atoms with Crippen molar-refractivity contribution in [2.45, 2.75) is 38.7 Å². The van der Waals surface area contributed by atoms with E-state index in [4.69, 9.17) is 10.00 Å². The van der Waals surface area contributed by atoms with Crippen LogP contribution in [0.5, 0.6) is 0 Å². The van der Waals surface area contributed by atoms with Crippen LogP contribution in [0.1, 0.15) is 37.3 Å². The molecule has 6 heteroatoms. The van der Waals surface area contributed by atoms with Gasteiger partial charge in [0.2, 0.25) is 0 Å². The highest BCUT2D eigenvalue weighted by Gasteiger charge is 2.25. The number of nitrogens with one attached hydrogen (secondary N) is 1. The van der Waals surface area contributed by atoms with Crippen LogP contribution in [-0.2, 0) is 11.2 Å². The Bertz CT molecular complexity index is 664. The normalized spacial score (nSPS) is 21.2. The molecule has 1 aromatic carbocycles. The van der Waals surface area contributed by atoms with Crippen LogP contribution in [-0.4, -0.2) is 61.3 Å². The largest absolute Gasteiger partial charge is 0.375 e. The van der Waals surface area contributed by atoms with Gasteiger partial charge in [-0.05, 0) is 62.5 Å². The predicted octanol–water partition coefficient (Wildman–Crippen LogP) is 2.84. The van der Waals surface area contributed by atoms with Crippen LogP contribution in [0.2, 0.25) is 0 Å². The zero-order valence-corrected chi connectivity index (χ0v) is 15.5. The summed E-state index contributed by atoms with van der Waals surface area (Å²) in [4.78, 5) is 17.1. The quantitative estimate of drug-likeness (QED) is 0.901. The van der Waals surface area contributed by atoms with E-state index in [1.165, 1.54) is 12.8 Å². The molecule has 0 unspecified atom stereocenters. The molecule has 2 aliphatic heterocycles. The Morgan fingerprint density at radius 2 is 2.12 bits per heavy atom. The van der Waals surface area contributed by atoms with E-state index in [1.54, 1.807) is 6.07 Å². The molecule has 0 spiro atoms. The number of amides is 2. The number of anilines is 1. The zero-order valence-electron chi connectivity index (χ0n) is 15.5. The van der Waals surface area contributed by atoms with E-state index >= 15 is 0 Å². The van der Waals surface area contributed by atoms with E-state index in [-0.39, 0.29) is 12.1 Å². The lowest BCUT2D eigenvalue weighted by Crippen LogP contribution is -2.43. The third kappa shape index (κ3) is 4.75. The zero-order chi connectivity index (χ0) is 18.4. The molecule has 26 heavy (non-hydrogen) atoms. The van der Waals surface area contributed by atoms with Gasteiger partial charge in [0, 0.05) is 31.9 Å². The Labute approximate surface area is 155 Å². The monoisotopic (exact) mass is 356 g/mol. The van der Waals surface area contributed by atoms with Crippen LogP contribution in [0.15, 0.2) is 18.2 Å². The minimum absolute atomic E-state index is 0.0768. The molecule has 140 valence electrons. The van der Waals surface area contributed by atoms with Crippen LogP contribution in [0.4, 0.5) is 10.5 Å². The summed E-state index contributed by atoms with van der Waals surface area (Å²) in [6.07, 6.45) is 4.22. The summed E-state index contributed by atoms with van der Waals surface area (Å²) in [5.41, 5.74) is 2.39. The van der Waals surface area contributed by atoms with Crippen molar-refractivity contribution in [2.75, 3.05) is 44.6 Å². The molecule has 3 rings (SSSR count). The van der Waals surface area contributed by atoms with Crippen LogP contribution in [0.3, 0.4) is 0 Å². The molecule has 0 radical (unpaired) electrons. The smallest absolute Gasteiger partial charge is 0.321 e. The first kappa shape index (κ1) is 18.7. The highest BCUT2D eigenvalue weighted by molar-refractivity contribution is 5.90. The number of aryl methyl sites for hydroxylation is 1. The summed E-state index contributed by atoms with van der Waals surface area (Å²) >= 11 is 0. The fourth-order valence-electron chi connectivity index (χ4n) is 3.72. The van der Waals surface area contributed by atoms with Crippen molar-refractivity contribution in [2.24, 2.45) is 0 Å². The molecule has 2 fully saturated rings. The van der Waals surface area contributed by atoms with Gasteiger partial charge in [-0.15, -0.1) is 0 Å². The molecular formula is C20H28N4O2. The lowest BCUT2D eigenvalue weighted by Gasteiger charge is -2.27. The Kier molecular flexibility index (Phi) is 6.48. The molecule has 0 aromatic heterocycles. The van der Waals surface area contributed by atoms with Gasteiger partial charge in [-0.1, -0.05) is 6.92 Å². The van der Waals surface area contributed by atoms with Crippen molar-refractivity contribution < 1.29 is 9.53 Å². The molecule has 2 aliphatic rings. The maximum absolute atomic E-state index is 12.8. The van der Waals surface area contributed by atoms with Crippen molar-refractivity contribution in [3.05, 3.63) is 29.3 Å². The van der Waals surface area contributed by atoms with Crippen molar-refractivity contribution in [1.29, 1.82) is 5.26 Å². The Morgan fingerprint density at radius 1 is 1.31 bits per heavy atom. The van der Waals surface area contributed by atoms with Gasteiger partial charge in [0.05, 0.1) is 17.7 Å². The summed E-state index contributed by atoms with van der Waals surface area (Å²) < 4.78 is 5.97. The van der Waals surface area contributed by atoms with E-state index in [2.05, 4.69) is 16.3 Å². The number of carbonyl (C=O) groups excluding carboxylic acids is 1. The van der Waals surface area contributed by atoms with Gasteiger partial charge < -0.3 is 19.9 Å². The second-order valence-corrected chi connectivity index (χ2v) is 7.07. The van der Waals surface area contributed by atoms with Crippen molar-refractivity contribution in [1.82, 2.24) is 9.80 Å². The molecule has 0 saturated carbocycles. The number of hydrogen-bond donors (Lipinski definition) is 1. The fraction of sp³-hybridized carbons (Fsp3) is 0.600. The minimum Gasteiger partial charge on any atom is -0.375 e. The van der Waals surface area contributed by atoms with Crippen LogP contribution in [0.25, 0.3) is 0 Å². The molecule has 6 nitrogen and oxygen atoms in total. The van der Waals surface area contributed by atoms with Gasteiger partial charge in [0.25, 0.3) is 0 Å². The number of likely N-dealkylation sites (tertiary alicyclic amines) is 1. The highest BCUT2D eigenvalue weighted by Crippen LogP contribution is 2.19. The topological polar surface area (TPSA) is 68.6 Å². The van der Waals surface area contributed by atoms with Gasteiger partial charge in [-0.2, -0.15) is 5.26 Å². The standard InChI is InChI=1S/C20H28N4O2/c1-2-17-12-16(13-21)6-7-19(17)22-20(25)24-10-5-11-26-18(15-24)14-23-8-3-4-9-23/h6-7,12,18H,2-5,8-11,14-15H2,1H3,(H,22,25)/t18-/m1/s1. The van der Waals surface area contributed by atoms with E-state index in [0.717, 1.165) is 43.7 Å². The van der Waals surface area contributed by atoms with Gasteiger partial charge >= 0.3 is 6.03 Å². The number of urea groups is 1. The first-order valence-corrected chi connectivity index (χ1v) is 9.62. The number of ether oxygens (including phenoxy) is 1. The number of benzene rings is 1. The number of rotatable bonds is 4. The molecule has 1 aromatic rings. The maximum Gasteiger partial charge on any atom is 0.321 e. The second kappa shape index (κ2) is 9.02. The fourth-order valence-corrected chi connectivity index (χ4v) is 3.72. The molecular weight excluding hydrogens is 328 g/mol. The third-order valence-corrected chi connectivity index (χ3v) is 5.15. The number of carbonyl (C=O) groups is 1. The van der Waals surface area contributed by atoms with Gasteiger partial charge in [0.1, 0.15) is 0 Å². The molecule has 2 amide bonds. The molecule has 1 N–H and O–H groups in total. The molecule has 2 heterocycles. The molecule has 0 aliphatic carbocycles. The Balaban J connectivity index is 1.63. The summed E-state index contributed by atoms with van der Waals surface area (Å²) in [6, 6.07) is 7.48. The summed E-state index contributed by atoms with van der Waals surface area (Å²) in [6.45, 7) is 7.24. The number of nitrogens with zero attached hydrogens (tertiary/aromatic N) is 3. The van der Waals surface area contributed by atoms with E-state index < -0.39 is 0 Å². The van der Waals surface area contributed by atoms with Crippen molar-refractivity contribution in [3.8, 4) is 6.07 Å². The van der Waals surface area contributed by atoms with Crippen molar-refractivity contribution in [3.63, 3.8) is 0 Å².